The van der Waals surface area contributed by atoms with Crippen LogP contribution in [0.3, 0.4) is 0 Å². The van der Waals surface area contributed by atoms with E-state index >= 15 is 0 Å². The summed E-state index contributed by atoms with van der Waals surface area (Å²) in [6.07, 6.45) is 5.95. The summed E-state index contributed by atoms with van der Waals surface area (Å²) in [7, 11) is 0. The summed E-state index contributed by atoms with van der Waals surface area (Å²) < 4.78 is 7.32. The third kappa shape index (κ3) is 4.13. The van der Waals surface area contributed by atoms with Gasteiger partial charge >= 0.3 is 5.97 Å². The second-order valence-corrected chi connectivity index (χ2v) is 7.97. The van der Waals surface area contributed by atoms with Gasteiger partial charge in [0, 0.05) is 24.1 Å². The molecule has 7 heteroatoms. The molecule has 1 aliphatic heterocycles. The van der Waals surface area contributed by atoms with Crippen molar-refractivity contribution in [1.29, 1.82) is 0 Å². The molecule has 0 aliphatic carbocycles. The smallest absolute Gasteiger partial charge is 0.325 e. The second-order valence-electron chi connectivity index (χ2n) is 7.58. The third-order valence-electron chi connectivity index (χ3n) is 4.63. The first-order valence-electron chi connectivity index (χ1n) is 9.13. The Balaban J connectivity index is 1.98. The van der Waals surface area contributed by atoms with Crippen molar-refractivity contribution in [3.63, 3.8) is 0 Å². The molecule has 0 radical (unpaired) electrons. The zero-order valence-electron chi connectivity index (χ0n) is 16.2. The molecule has 2 aromatic heterocycles. The first-order valence-corrected chi connectivity index (χ1v) is 9.54. The highest BCUT2D eigenvalue weighted by atomic mass is 32.1. The molecule has 6 nitrogen and oxygen atoms in total. The van der Waals surface area contributed by atoms with Crippen LogP contribution in [0.5, 0.6) is 0 Å². The van der Waals surface area contributed by atoms with E-state index in [9.17, 15) is 4.79 Å². The van der Waals surface area contributed by atoms with Crippen LogP contribution >= 0.6 is 12.2 Å². The topological polar surface area (TPSA) is 59.4 Å². The van der Waals surface area contributed by atoms with E-state index in [0.717, 1.165) is 11.3 Å². The lowest BCUT2D eigenvalue weighted by Crippen LogP contribution is -2.35. The van der Waals surface area contributed by atoms with Crippen molar-refractivity contribution < 1.29 is 9.53 Å². The van der Waals surface area contributed by atoms with Crippen molar-refractivity contribution in [2.75, 3.05) is 13.2 Å². The highest BCUT2D eigenvalue weighted by Crippen LogP contribution is 2.39. The summed E-state index contributed by atoms with van der Waals surface area (Å²) in [5.74, 6) is -0.288. The zero-order chi connectivity index (χ0) is 19.6. The maximum atomic E-state index is 12.2. The monoisotopic (exact) mass is 386 g/mol. The van der Waals surface area contributed by atoms with E-state index < -0.39 is 0 Å². The van der Waals surface area contributed by atoms with Crippen LogP contribution in [0.4, 0.5) is 0 Å². The number of hydrogen-bond donors (Lipinski definition) is 1. The fourth-order valence-corrected chi connectivity index (χ4v) is 3.60. The first-order chi connectivity index (χ1) is 12.8. The number of hydrogen-bond acceptors (Lipinski definition) is 4. The van der Waals surface area contributed by atoms with Gasteiger partial charge in [-0.25, -0.2) is 0 Å². The molecular weight excluding hydrogens is 360 g/mol. The van der Waals surface area contributed by atoms with E-state index in [0.29, 0.717) is 11.7 Å². The summed E-state index contributed by atoms with van der Waals surface area (Å²) in [4.78, 5) is 18.6. The minimum Gasteiger partial charge on any atom is -0.465 e. The van der Waals surface area contributed by atoms with Crippen LogP contribution < -0.4 is 5.32 Å². The Hall–Kier alpha value is -2.41. The Morgan fingerprint density at radius 3 is 2.70 bits per heavy atom. The number of ether oxygens (including phenoxy) is 1. The number of thiocarbonyl (C=S) groups is 1. The normalized spacial score (nSPS) is 19.9. The van der Waals surface area contributed by atoms with Gasteiger partial charge in [-0.1, -0.05) is 6.07 Å². The standard InChI is InChI=1S/C20H26N4O2S/c1-5-26-16(25)13-24-18(14-9-11-23(12-14)20(2,3)4)17(22-19(24)27)15-8-6-7-10-21-15/h6-12,17-18H,5,13H2,1-4H3,(H,22,27)/t17-,18-/m0/s1. The summed E-state index contributed by atoms with van der Waals surface area (Å²) in [5, 5.41) is 3.88. The van der Waals surface area contributed by atoms with Gasteiger partial charge in [0.2, 0.25) is 0 Å². The Kier molecular flexibility index (Phi) is 5.51. The number of rotatable bonds is 5. The van der Waals surface area contributed by atoms with Gasteiger partial charge in [-0.3, -0.25) is 9.78 Å². The fourth-order valence-electron chi connectivity index (χ4n) is 3.29. The third-order valence-corrected chi connectivity index (χ3v) is 4.99. The van der Waals surface area contributed by atoms with Gasteiger partial charge in [0.05, 0.1) is 24.4 Å². The lowest BCUT2D eigenvalue weighted by Gasteiger charge is -2.27. The van der Waals surface area contributed by atoms with E-state index in [-0.39, 0.29) is 30.1 Å². The Morgan fingerprint density at radius 1 is 1.33 bits per heavy atom. The van der Waals surface area contributed by atoms with Crippen LogP contribution in [0.15, 0.2) is 42.9 Å². The predicted molar refractivity (Wildman–Crippen MR) is 108 cm³/mol. The maximum Gasteiger partial charge on any atom is 0.325 e. The molecule has 3 heterocycles. The number of esters is 1. The van der Waals surface area contributed by atoms with Crippen molar-refractivity contribution >= 4 is 23.3 Å². The van der Waals surface area contributed by atoms with Crippen LogP contribution in [-0.4, -0.2) is 38.7 Å². The highest BCUT2D eigenvalue weighted by molar-refractivity contribution is 7.80. The molecule has 0 bridgehead atoms. The average molecular weight is 387 g/mol. The maximum absolute atomic E-state index is 12.2. The van der Waals surface area contributed by atoms with E-state index in [2.05, 4.69) is 54.1 Å². The molecule has 1 N–H and O–H groups in total. The largest absolute Gasteiger partial charge is 0.465 e. The molecular formula is C20H26N4O2S. The molecule has 2 atom stereocenters. The van der Waals surface area contributed by atoms with Gasteiger partial charge in [0.1, 0.15) is 6.54 Å². The van der Waals surface area contributed by atoms with E-state index in [1.54, 1.807) is 13.1 Å². The quantitative estimate of drug-likeness (QED) is 0.629. The number of carbonyl (C=O) groups excluding carboxylic acids is 1. The number of nitrogens with one attached hydrogen (secondary N) is 1. The molecule has 1 saturated heterocycles. The molecule has 0 aromatic carbocycles. The lowest BCUT2D eigenvalue weighted by atomic mass is 9.99. The van der Waals surface area contributed by atoms with Gasteiger partial charge in [0.15, 0.2) is 5.11 Å². The summed E-state index contributed by atoms with van der Waals surface area (Å²) in [6, 6.07) is 7.63. The lowest BCUT2D eigenvalue weighted by molar-refractivity contribution is -0.143. The zero-order valence-corrected chi connectivity index (χ0v) is 17.0. The van der Waals surface area contributed by atoms with Crippen LogP contribution in [0.1, 0.15) is 51.0 Å². The Morgan fingerprint density at radius 2 is 2.11 bits per heavy atom. The van der Waals surface area contributed by atoms with Gasteiger partial charge in [0.25, 0.3) is 0 Å². The fraction of sp³-hybridized carbons (Fsp3) is 0.450. The Labute approximate surface area is 165 Å². The average Bonchev–Trinajstić information content (AvgIpc) is 3.21. The van der Waals surface area contributed by atoms with Crippen molar-refractivity contribution in [3.05, 3.63) is 54.1 Å². The van der Waals surface area contributed by atoms with Gasteiger partial charge in [-0.15, -0.1) is 0 Å². The van der Waals surface area contributed by atoms with E-state index in [1.165, 1.54) is 0 Å². The van der Waals surface area contributed by atoms with E-state index in [1.807, 2.05) is 23.1 Å². The highest BCUT2D eigenvalue weighted by Gasteiger charge is 2.41. The van der Waals surface area contributed by atoms with Crippen LogP contribution in [0.2, 0.25) is 0 Å². The predicted octanol–water partition coefficient (Wildman–Crippen LogP) is 3.17. The summed E-state index contributed by atoms with van der Waals surface area (Å²) >= 11 is 5.55. The molecule has 2 aromatic rings. The SMILES string of the molecule is CCOC(=O)CN1C(=S)N[C@@H](c2ccccn2)[C@@H]1c1ccn(C(C)(C)C)c1. The number of carbonyl (C=O) groups is 1. The van der Waals surface area contributed by atoms with Crippen molar-refractivity contribution in [2.45, 2.75) is 45.3 Å². The molecule has 144 valence electrons. The van der Waals surface area contributed by atoms with Crippen molar-refractivity contribution in [1.82, 2.24) is 19.8 Å². The molecule has 27 heavy (non-hydrogen) atoms. The second kappa shape index (κ2) is 7.68. The molecule has 3 rings (SSSR count). The summed E-state index contributed by atoms with van der Waals surface area (Å²) in [6.45, 7) is 8.72. The van der Waals surface area contributed by atoms with Crippen molar-refractivity contribution in [2.24, 2.45) is 0 Å². The molecule has 0 saturated carbocycles. The first kappa shape index (κ1) is 19.4. The minimum absolute atomic E-state index is 0.0305. The number of pyridine rings is 1. The van der Waals surface area contributed by atoms with Crippen LogP contribution in [-0.2, 0) is 15.1 Å². The molecule has 1 aliphatic rings. The molecule has 0 spiro atoms. The molecule has 0 amide bonds. The van der Waals surface area contributed by atoms with Crippen molar-refractivity contribution in [3.8, 4) is 0 Å². The van der Waals surface area contributed by atoms with Crippen LogP contribution in [0.25, 0.3) is 0 Å². The van der Waals surface area contributed by atoms with E-state index in [4.69, 9.17) is 17.0 Å². The molecule has 1 fully saturated rings. The Bertz CT molecular complexity index is 813. The number of nitrogens with zero attached hydrogens (tertiary/aromatic N) is 3. The molecule has 0 unspecified atom stereocenters. The van der Waals surface area contributed by atoms with Gasteiger partial charge in [-0.2, -0.15) is 0 Å². The van der Waals surface area contributed by atoms with Gasteiger partial charge in [-0.05, 0) is 63.7 Å². The number of aromatic nitrogens is 2. The van der Waals surface area contributed by atoms with Crippen LogP contribution in [0, 0.1) is 0 Å². The van der Waals surface area contributed by atoms with Gasteiger partial charge < -0.3 is 19.5 Å². The summed E-state index contributed by atoms with van der Waals surface area (Å²) in [5.41, 5.74) is 1.94. The minimum atomic E-state index is -0.288.